The van der Waals surface area contributed by atoms with Crippen LogP contribution < -0.4 is 0 Å². The number of benzene rings is 2. The van der Waals surface area contributed by atoms with Crippen LogP contribution in [0.15, 0.2) is 54.6 Å². The summed E-state index contributed by atoms with van der Waals surface area (Å²) in [5.74, 6) is -0.267. The Morgan fingerprint density at radius 1 is 1.12 bits per heavy atom. The van der Waals surface area contributed by atoms with Crippen molar-refractivity contribution in [2.24, 2.45) is 0 Å². The van der Waals surface area contributed by atoms with Gasteiger partial charge in [0, 0.05) is 27.7 Å². The molecule has 0 aliphatic rings. The van der Waals surface area contributed by atoms with Crippen molar-refractivity contribution >= 4 is 23.3 Å². The minimum Gasteiger partial charge on any atom is -0.318 e. The molecular formula is C21H16ClFN2. The van der Waals surface area contributed by atoms with Gasteiger partial charge in [-0.15, -0.1) is 0 Å². The molecule has 25 heavy (non-hydrogen) atoms. The summed E-state index contributed by atoms with van der Waals surface area (Å²) in [5, 5.41) is 10.1. The van der Waals surface area contributed by atoms with E-state index >= 15 is 0 Å². The van der Waals surface area contributed by atoms with E-state index in [1.807, 2.05) is 48.8 Å². The predicted octanol–water partition coefficient (Wildman–Crippen LogP) is 5.95. The van der Waals surface area contributed by atoms with Crippen molar-refractivity contribution < 1.29 is 4.39 Å². The normalized spacial score (nSPS) is 11.4. The fourth-order valence-electron chi connectivity index (χ4n) is 2.93. The van der Waals surface area contributed by atoms with Crippen LogP contribution in [0, 0.1) is 31.0 Å². The summed E-state index contributed by atoms with van der Waals surface area (Å²) in [7, 11) is 0. The summed E-state index contributed by atoms with van der Waals surface area (Å²) in [6.45, 7) is 3.96. The maximum atomic E-state index is 13.2. The zero-order valence-corrected chi connectivity index (χ0v) is 14.7. The highest BCUT2D eigenvalue weighted by Gasteiger charge is 2.12. The zero-order chi connectivity index (χ0) is 18.0. The maximum Gasteiger partial charge on any atom is 0.123 e. The van der Waals surface area contributed by atoms with Gasteiger partial charge in [-0.2, -0.15) is 5.26 Å². The van der Waals surface area contributed by atoms with Crippen molar-refractivity contribution in [3.8, 4) is 11.8 Å². The third-order valence-electron chi connectivity index (χ3n) is 4.14. The molecule has 1 heterocycles. The monoisotopic (exact) mass is 350 g/mol. The largest absolute Gasteiger partial charge is 0.318 e. The van der Waals surface area contributed by atoms with Crippen LogP contribution in [0.4, 0.5) is 4.39 Å². The van der Waals surface area contributed by atoms with Gasteiger partial charge in [0.15, 0.2) is 0 Å². The molecule has 0 aliphatic heterocycles. The van der Waals surface area contributed by atoms with Crippen LogP contribution in [0.5, 0.6) is 0 Å². The Kier molecular flexibility index (Phi) is 4.74. The number of rotatable bonds is 3. The summed E-state index contributed by atoms with van der Waals surface area (Å²) in [6.07, 6.45) is 1.84. The van der Waals surface area contributed by atoms with Gasteiger partial charge in [0.1, 0.15) is 5.82 Å². The lowest BCUT2D eigenvalue weighted by atomic mass is 10.0. The molecule has 4 heteroatoms. The number of nitrogens with zero attached hydrogens (tertiary/aromatic N) is 2. The first-order chi connectivity index (χ1) is 12.0. The van der Waals surface area contributed by atoms with E-state index in [2.05, 4.69) is 6.07 Å². The minimum absolute atomic E-state index is 0.267. The first-order valence-corrected chi connectivity index (χ1v) is 8.20. The van der Waals surface area contributed by atoms with Crippen LogP contribution in [-0.4, -0.2) is 4.57 Å². The fourth-order valence-corrected chi connectivity index (χ4v) is 3.16. The van der Waals surface area contributed by atoms with E-state index in [4.69, 9.17) is 11.6 Å². The highest BCUT2D eigenvalue weighted by atomic mass is 35.5. The third kappa shape index (κ3) is 3.35. The standard InChI is InChI=1S/C21H16ClFN2/c1-14-11-16(12-17(13-24)20-5-3-4-6-21(20)22)15(2)25(14)19-9-7-18(23)8-10-19/h3-12H,1-2H3. The Bertz CT molecular complexity index is 992. The molecule has 3 rings (SSSR count). The molecule has 1 aromatic heterocycles. The van der Waals surface area contributed by atoms with E-state index < -0.39 is 0 Å². The highest BCUT2D eigenvalue weighted by Crippen LogP contribution is 2.28. The van der Waals surface area contributed by atoms with Crippen molar-refractivity contribution in [2.45, 2.75) is 13.8 Å². The van der Waals surface area contributed by atoms with Gasteiger partial charge >= 0.3 is 0 Å². The highest BCUT2D eigenvalue weighted by molar-refractivity contribution is 6.32. The molecule has 0 bridgehead atoms. The summed E-state index contributed by atoms with van der Waals surface area (Å²) in [5.41, 5.74) is 5.00. The molecule has 124 valence electrons. The van der Waals surface area contributed by atoms with E-state index in [-0.39, 0.29) is 5.82 Å². The van der Waals surface area contributed by atoms with Crippen LogP contribution in [0.1, 0.15) is 22.5 Å². The summed E-state index contributed by atoms with van der Waals surface area (Å²) < 4.78 is 15.2. The second kappa shape index (κ2) is 6.96. The second-order valence-electron chi connectivity index (χ2n) is 5.79. The van der Waals surface area contributed by atoms with Crippen molar-refractivity contribution in [1.82, 2.24) is 4.57 Å². The molecule has 0 amide bonds. The van der Waals surface area contributed by atoms with E-state index in [1.165, 1.54) is 12.1 Å². The molecule has 0 N–H and O–H groups in total. The lowest BCUT2D eigenvalue weighted by molar-refractivity contribution is 0.627. The first-order valence-electron chi connectivity index (χ1n) is 7.83. The molecule has 0 fully saturated rings. The molecule has 3 aromatic rings. The van der Waals surface area contributed by atoms with Crippen molar-refractivity contribution in [3.05, 3.63) is 88.0 Å². The molecular weight excluding hydrogens is 335 g/mol. The number of nitriles is 1. The van der Waals surface area contributed by atoms with Gasteiger partial charge in [-0.1, -0.05) is 29.8 Å². The van der Waals surface area contributed by atoms with Crippen LogP contribution >= 0.6 is 11.6 Å². The van der Waals surface area contributed by atoms with Crippen molar-refractivity contribution in [2.75, 3.05) is 0 Å². The number of allylic oxidation sites excluding steroid dienone is 1. The quantitative estimate of drug-likeness (QED) is 0.536. The van der Waals surface area contributed by atoms with Crippen LogP contribution in [-0.2, 0) is 0 Å². The van der Waals surface area contributed by atoms with Gasteiger partial charge in [0.25, 0.3) is 0 Å². The minimum atomic E-state index is -0.267. The van der Waals surface area contributed by atoms with Crippen LogP contribution in [0.3, 0.4) is 0 Å². The lowest BCUT2D eigenvalue weighted by Gasteiger charge is -2.09. The van der Waals surface area contributed by atoms with E-state index in [9.17, 15) is 9.65 Å². The number of hydrogen-bond acceptors (Lipinski definition) is 1. The number of aromatic nitrogens is 1. The van der Waals surface area contributed by atoms with Gasteiger partial charge in [0.2, 0.25) is 0 Å². The summed E-state index contributed by atoms with van der Waals surface area (Å²) in [4.78, 5) is 0. The Labute approximate surface area is 151 Å². The van der Waals surface area contributed by atoms with Gasteiger partial charge in [-0.25, -0.2) is 4.39 Å². The lowest BCUT2D eigenvalue weighted by Crippen LogP contribution is -1.99. The average molecular weight is 351 g/mol. The SMILES string of the molecule is Cc1cc(C=C(C#N)c2ccccc2Cl)c(C)n1-c1ccc(F)cc1. The van der Waals surface area contributed by atoms with Crippen LogP contribution in [0.25, 0.3) is 17.3 Å². The van der Waals surface area contributed by atoms with Gasteiger partial charge in [0.05, 0.1) is 11.6 Å². The van der Waals surface area contributed by atoms with Gasteiger partial charge in [-0.3, -0.25) is 0 Å². The molecule has 0 radical (unpaired) electrons. The molecule has 0 saturated carbocycles. The zero-order valence-electron chi connectivity index (χ0n) is 13.9. The topological polar surface area (TPSA) is 28.7 Å². The third-order valence-corrected chi connectivity index (χ3v) is 4.47. The number of aryl methyl sites for hydroxylation is 1. The average Bonchev–Trinajstić information content (AvgIpc) is 2.88. The molecule has 0 aliphatic carbocycles. The Morgan fingerprint density at radius 3 is 2.44 bits per heavy atom. The van der Waals surface area contributed by atoms with Crippen LogP contribution in [0.2, 0.25) is 5.02 Å². The van der Waals surface area contributed by atoms with Gasteiger partial charge in [-0.05, 0) is 61.9 Å². The maximum absolute atomic E-state index is 13.2. The van der Waals surface area contributed by atoms with E-state index in [0.717, 1.165) is 22.6 Å². The second-order valence-corrected chi connectivity index (χ2v) is 6.20. The molecule has 0 saturated heterocycles. The molecule has 0 spiro atoms. The Hall–Kier alpha value is -2.83. The van der Waals surface area contributed by atoms with Gasteiger partial charge < -0.3 is 4.57 Å². The molecule has 2 aromatic carbocycles. The summed E-state index contributed by atoms with van der Waals surface area (Å²) >= 11 is 6.22. The first kappa shape index (κ1) is 17.0. The molecule has 0 atom stereocenters. The summed E-state index contributed by atoms with van der Waals surface area (Å²) in [6, 6.07) is 17.9. The molecule has 0 unspecified atom stereocenters. The van der Waals surface area contributed by atoms with Crippen molar-refractivity contribution in [1.29, 1.82) is 5.26 Å². The van der Waals surface area contributed by atoms with Crippen molar-refractivity contribution in [3.63, 3.8) is 0 Å². The van der Waals surface area contributed by atoms with E-state index in [1.54, 1.807) is 18.2 Å². The fraction of sp³-hybridized carbons (Fsp3) is 0.0952. The Morgan fingerprint density at radius 2 is 1.80 bits per heavy atom. The predicted molar refractivity (Wildman–Crippen MR) is 100 cm³/mol. The number of hydrogen-bond donors (Lipinski definition) is 0. The Balaban J connectivity index is 2.10. The molecule has 2 nitrogen and oxygen atoms in total. The number of halogens is 2. The van der Waals surface area contributed by atoms with E-state index in [0.29, 0.717) is 16.2 Å². The smallest absolute Gasteiger partial charge is 0.123 e.